The average Bonchev–Trinajstić information content (AvgIpc) is 3.09. The molecule has 2 fully saturated rings. The molecule has 3 heteroatoms. The zero-order valence-electron chi connectivity index (χ0n) is 10.3. The number of rotatable bonds is 1. The van der Waals surface area contributed by atoms with Crippen LogP contribution in [0.25, 0.3) is 0 Å². The molecule has 3 rings (SSSR count). The summed E-state index contributed by atoms with van der Waals surface area (Å²) in [4.78, 5) is 18.5. The number of aryl methyl sites for hydroxylation is 1. The quantitative estimate of drug-likeness (QED) is 0.742. The van der Waals surface area contributed by atoms with Gasteiger partial charge in [0.25, 0.3) is 5.91 Å². The monoisotopic (exact) mass is 230 g/mol. The largest absolute Gasteiger partial charge is 0.337 e. The van der Waals surface area contributed by atoms with Crippen LogP contribution in [0.2, 0.25) is 0 Å². The van der Waals surface area contributed by atoms with Crippen LogP contribution >= 0.6 is 0 Å². The first-order valence-electron chi connectivity index (χ1n) is 6.42. The molecule has 1 amide bonds. The number of carbonyl (C=O) groups is 1. The second kappa shape index (κ2) is 3.83. The van der Waals surface area contributed by atoms with E-state index >= 15 is 0 Å². The lowest BCUT2D eigenvalue weighted by molar-refractivity contribution is 0.0672. The van der Waals surface area contributed by atoms with Crippen LogP contribution in [0.1, 0.15) is 41.9 Å². The molecule has 1 saturated heterocycles. The molecule has 1 aromatic heterocycles. The fourth-order valence-electron chi connectivity index (χ4n) is 2.69. The fraction of sp³-hybridized carbons (Fsp3) is 0.571. The molecule has 0 atom stereocenters. The Bertz CT molecular complexity index is 441. The molecule has 90 valence electrons. The standard InChI is InChI=1S/C14H18N2O/c1-11-3-2-4-12(15-11)13(17)16-9-7-14(5-6-14)8-10-16/h2-4H,5-10H2,1H3. The summed E-state index contributed by atoms with van der Waals surface area (Å²) < 4.78 is 0. The molecule has 1 saturated carbocycles. The first-order chi connectivity index (χ1) is 8.19. The Morgan fingerprint density at radius 1 is 1.24 bits per heavy atom. The molecule has 1 aliphatic heterocycles. The highest BCUT2D eigenvalue weighted by molar-refractivity contribution is 5.92. The molecule has 2 aliphatic rings. The van der Waals surface area contributed by atoms with Crippen LogP contribution in [0.15, 0.2) is 18.2 Å². The van der Waals surface area contributed by atoms with E-state index < -0.39 is 0 Å². The SMILES string of the molecule is Cc1cccc(C(=O)N2CCC3(CC2)CC3)n1. The topological polar surface area (TPSA) is 33.2 Å². The van der Waals surface area contributed by atoms with Crippen molar-refractivity contribution >= 4 is 5.91 Å². The zero-order chi connectivity index (χ0) is 11.9. The normalized spacial score (nSPS) is 21.6. The predicted octanol–water partition coefficient (Wildman–Crippen LogP) is 2.41. The first kappa shape index (κ1) is 10.8. The lowest BCUT2D eigenvalue weighted by Gasteiger charge is -2.31. The van der Waals surface area contributed by atoms with Crippen LogP contribution in [0.3, 0.4) is 0 Å². The Balaban J connectivity index is 1.70. The molecular weight excluding hydrogens is 212 g/mol. The van der Waals surface area contributed by atoms with Crippen LogP contribution in [0.5, 0.6) is 0 Å². The van der Waals surface area contributed by atoms with Gasteiger partial charge in [0.05, 0.1) is 0 Å². The number of hydrogen-bond acceptors (Lipinski definition) is 2. The van der Waals surface area contributed by atoms with Crippen LogP contribution in [0.4, 0.5) is 0 Å². The van der Waals surface area contributed by atoms with E-state index in [4.69, 9.17) is 0 Å². The van der Waals surface area contributed by atoms with Gasteiger partial charge in [-0.05, 0) is 50.2 Å². The van der Waals surface area contributed by atoms with E-state index in [1.165, 1.54) is 25.7 Å². The number of likely N-dealkylation sites (tertiary alicyclic amines) is 1. The van der Waals surface area contributed by atoms with Crippen LogP contribution in [-0.2, 0) is 0 Å². The molecule has 1 aromatic rings. The van der Waals surface area contributed by atoms with Crippen molar-refractivity contribution in [2.45, 2.75) is 32.6 Å². The Kier molecular flexibility index (Phi) is 2.42. The number of nitrogens with zero attached hydrogens (tertiary/aromatic N) is 2. The highest BCUT2D eigenvalue weighted by atomic mass is 16.2. The Hall–Kier alpha value is -1.38. The number of amides is 1. The average molecular weight is 230 g/mol. The first-order valence-corrected chi connectivity index (χ1v) is 6.42. The minimum Gasteiger partial charge on any atom is -0.337 e. The molecule has 0 radical (unpaired) electrons. The second-order valence-corrected chi connectivity index (χ2v) is 5.46. The molecular formula is C14H18N2O. The van der Waals surface area contributed by atoms with Gasteiger partial charge in [-0.15, -0.1) is 0 Å². The number of piperidine rings is 1. The van der Waals surface area contributed by atoms with Gasteiger partial charge in [-0.1, -0.05) is 6.07 Å². The van der Waals surface area contributed by atoms with Gasteiger partial charge in [0.15, 0.2) is 0 Å². The third-order valence-electron chi connectivity index (χ3n) is 4.18. The predicted molar refractivity (Wildman–Crippen MR) is 65.8 cm³/mol. The van der Waals surface area contributed by atoms with Gasteiger partial charge >= 0.3 is 0 Å². The van der Waals surface area contributed by atoms with Crippen molar-refractivity contribution in [1.29, 1.82) is 0 Å². The molecule has 0 bridgehead atoms. The van der Waals surface area contributed by atoms with Gasteiger partial charge < -0.3 is 4.90 Å². The van der Waals surface area contributed by atoms with Gasteiger partial charge in [-0.25, -0.2) is 4.98 Å². The van der Waals surface area contributed by atoms with E-state index in [0.717, 1.165) is 18.8 Å². The maximum Gasteiger partial charge on any atom is 0.272 e. The van der Waals surface area contributed by atoms with E-state index in [9.17, 15) is 4.79 Å². The summed E-state index contributed by atoms with van der Waals surface area (Å²) in [5, 5.41) is 0. The van der Waals surface area contributed by atoms with Crippen LogP contribution < -0.4 is 0 Å². The number of carbonyl (C=O) groups excluding carboxylic acids is 1. The van der Waals surface area contributed by atoms with E-state index in [1.54, 1.807) is 0 Å². The Morgan fingerprint density at radius 2 is 1.94 bits per heavy atom. The Morgan fingerprint density at radius 3 is 2.53 bits per heavy atom. The lowest BCUT2D eigenvalue weighted by atomic mass is 9.93. The minimum atomic E-state index is 0.101. The summed E-state index contributed by atoms with van der Waals surface area (Å²) in [5.74, 6) is 0.101. The van der Waals surface area contributed by atoms with E-state index in [0.29, 0.717) is 11.1 Å². The van der Waals surface area contributed by atoms with Crippen LogP contribution in [0, 0.1) is 12.3 Å². The summed E-state index contributed by atoms with van der Waals surface area (Å²) in [7, 11) is 0. The number of hydrogen-bond donors (Lipinski definition) is 0. The van der Waals surface area contributed by atoms with Crippen molar-refractivity contribution in [1.82, 2.24) is 9.88 Å². The highest BCUT2D eigenvalue weighted by Crippen LogP contribution is 2.53. The van der Waals surface area contributed by atoms with Gasteiger partial charge in [-0.3, -0.25) is 4.79 Å². The highest BCUT2D eigenvalue weighted by Gasteiger charge is 2.45. The van der Waals surface area contributed by atoms with Crippen molar-refractivity contribution in [2.24, 2.45) is 5.41 Å². The summed E-state index contributed by atoms with van der Waals surface area (Å²) in [5.41, 5.74) is 2.12. The summed E-state index contributed by atoms with van der Waals surface area (Å²) in [6.45, 7) is 3.75. The maximum absolute atomic E-state index is 12.2. The fourth-order valence-corrected chi connectivity index (χ4v) is 2.69. The third kappa shape index (κ3) is 2.06. The molecule has 1 spiro atoms. The number of pyridine rings is 1. The van der Waals surface area contributed by atoms with Gasteiger partial charge in [0.2, 0.25) is 0 Å². The van der Waals surface area contributed by atoms with Gasteiger partial charge in [0, 0.05) is 18.8 Å². The Labute approximate surface area is 102 Å². The molecule has 0 aromatic carbocycles. The lowest BCUT2D eigenvalue weighted by Crippen LogP contribution is -2.39. The third-order valence-corrected chi connectivity index (χ3v) is 4.18. The summed E-state index contributed by atoms with van der Waals surface area (Å²) in [6.07, 6.45) is 5.12. The van der Waals surface area contributed by atoms with Gasteiger partial charge in [0.1, 0.15) is 5.69 Å². The number of aromatic nitrogens is 1. The van der Waals surface area contributed by atoms with Crippen LogP contribution in [-0.4, -0.2) is 28.9 Å². The van der Waals surface area contributed by atoms with Crippen molar-refractivity contribution in [3.63, 3.8) is 0 Å². The van der Waals surface area contributed by atoms with E-state index in [-0.39, 0.29) is 5.91 Å². The molecule has 3 nitrogen and oxygen atoms in total. The maximum atomic E-state index is 12.2. The smallest absolute Gasteiger partial charge is 0.272 e. The van der Waals surface area contributed by atoms with Gasteiger partial charge in [-0.2, -0.15) is 0 Å². The van der Waals surface area contributed by atoms with Crippen molar-refractivity contribution in [3.8, 4) is 0 Å². The van der Waals surface area contributed by atoms with Crippen molar-refractivity contribution in [3.05, 3.63) is 29.6 Å². The molecule has 17 heavy (non-hydrogen) atoms. The minimum absolute atomic E-state index is 0.101. The zero-order valence-corrected chi connectivity index (χ0v) is 10.3. The second-order valence-electron chi connectivity index (χ2n) is 5.46. The van der Waals surface area contributed by atoms with Crippen molar-refractivity contribution < 1.29 is 4.79 Å². The van der Waals surface area contributed by atoms with E-state index in [2.05, 4.69) is 4.98 Å². The molecule has 2 heterocycles. The summed E-state index contributed by atoms with van der Waals surface area (Å²) in [6, 6.07) is 5.64. The van der Waals surface area contributed by atoms with Crippen molar-refractivity contribution in [2.75, 3.05) is 13.1 Å². The van der Waals surface area contributed by atoms with E-state index in [1.807, 2.05) is 30.0 Å². The molecule has 0 unspecified atom stereocenters. The molecule has 1 aliphatic carbocycles. The summed E-state index contributed by atoms with van der Waals surface area (Å²) >= 11 is 0. The molecule has 0 N–H and O–H groups in total.